The SMILES string of the molecule is Cc1ccc2c(c1)C(c1ccc(F)cc1)=C(CO)CO2. The molecular formula is C17H15FO2. The number of halogens is 1. The first-order valence-corrected chi connectivity index (χ1v) is 6.51. The lowest BCUT2D eigenvalue weighted by Gasteiger charge is -2.24. The number of hydrogen-bond donors (Lipinski definition) is 1. The molecule has 0 fully saturated rings. The van der Waals surface area contributed by atoms with Crippen molar-refractivity contribution in [3.63, 3.8) is 0 Å². The first-order valence-electron chi connectivity index (χ1n) is 6.51. The number of ether oxygens (including phenoxy) is 1. The van der Waals surface area contributed by atoms with Crippen molar-refractivity contribution in [3.8, 4) is 5.75 Å². The summed E-state index contributed by atoms with van der Waals surface area (Å²) in [5.74, 6) is 0.531. The van der Waals surface area contributed by atoms with Crippen LogP contribution in [0.1, 0.15) is 16.7 Å². The number of aliphatic hydroxyl groups is 1. The Balaban J connectivity index is 2.21. The summed E-state index contributed by atoms with van der Waals surface area (Å²) in [7, 11) is 0. The minimum Gasteiger partial charge on any atom is -0.488 e. The molecule has 3 rings (SSSR count). The standard InChI is InChI=1S/C17H15FO2/c1-11-2-7-16-15(8-11)17(13(9-19)10-20-16)12-3-5-14(18)6-4-12/h2-8,19H,9-10H2,1H3. The first kappa shape index (κ1) is 12.9. The predicted octanol–water partition coefficient (Wildman–Crippen LogP) is 3.32. The van der Waals surface area contributed by atoms with E-state index in [1.807, 2.05) is 25.1 Å². The zero-order chi connectivity index (χ0) is 14.1. The molecule has 3 heteroatoms. The third kappa shape index (κ3) is 2.21. The monoisotopic (exact) mass is 270 g/mol. The summed E-state index contributed by atoms with van der Waals surface area (Å²) in [6, 6.07) is 12.3. The number of rotatable bonds is 2. The fourth-order valence-corrected chi connectivity index (χ4v) is 2.49. The van der Waals surface area contributed by atoms with Gasteiger partial charge in [0.25, 0.3) is 0 Å². The largest absolute Gasteiger partial charge is 0.488 e. The molecule has 0 aromatic heterocycles. The Bertz CT molecular complexity index is 672. The van der Waals surface area contributed by atoms with Gasteiger partial charge in [0.15, 0.2) is 0 Å². The molecule has 1 N–H and O–H groups in total. The number of benzene rings is 2. The first-order chi connectivity index (χ1) is 9.69. The summed E-state index contributed by atoms with van der Waals surface area (Å²) >= 11 is 0. The van der Waals surface area contributed by atoms with Gasteiger partial charge in [0.1, 0.15) is 18.2 Å². The Labute approximate surface area is 117 Å². The van der Waals surface area contributed by atoms with E-state index in [1.165, 1.54) is 12.1 Å². The maximum absolute atomic E-state index is 13.1. The normalized spacial score (nSPS) is 13.9. The van der Waals surface area contributed by atoms with Crippen molar-refractivity contribution in [3.05, 3.63) is 70.5 Å². The van der Waals surface area contributed by atoms with Gasteiger partial charge in [-0.2, -0.15) is 0 Å². The molecule has 0 aliphatic carbocycles. The second kappa shape index (κ2) is 5.10. The maximum Gasteiger partial charge on any atom is 0.127 e. The molecule has 0 bridgehead atoms. The van der Waals surface area contributed by atoms with E-state index in [2.05, 4.69) is 0 Å². The lowest BCUT2D eigenvalue weighted by molar-refractivity contribution is 0.284. The van der Waals surface area contributed by atoms with Gasteiger partial charge in [-0.15, -0.1) is 0 Å². The van der Waals surface area contributed by atoms with E-state index in [1.54, 1.807) is 12.1 Å². The molecule has 0 radical (unpaired) electrons. The second-order valence-electron chi connectivity index (χ2n) is 4.93. The lowest BCUT2D eigenvalue weighted by Crippen LogP contribution is -2.14. The van der Waals surface area contributed by atoms with Gasteiger partial charge in [-0.25, -0.2) is 4.39 Å². The van der Waals surface area contributed by atoms with E-state index in [-0.39, 0.29) is 12.4 Å². The highest BCUT2D eigenvalue weighted by atomic mass is 19.1. The molecule has 2 aromatic carbocycles. The van der Waals surface area contributed by atoms with Crippen LogP contribution in [0.4, 0.5) is 4.39 Å². The summed E-state index contributed by atoms with van der Waals surface area (Å²) in [4.78, 5) is 0. The molecule has 1 aliphatic heterocycles. The van der Waals surface area contributed by atoms with Crippen LogP contribution in [0.2, 0.25) is 0 Å². The third-order valence-electron chi connectivity index (χ3n) is 3.48. The van der Waals surface area contributed by atoms with Crippen molar-refractivity contribution < 1.29 is 14.2 Å². The van der Waals surface area contributed by atoms with Gasteiger partial charge in [-0.1, -0.05) is 23.8 Å². The molecule has 102 valence electrons. The molecule has 0 unspecified atom stereocenters. The Morgan fingerprint density at radius 2 is 1.90 bits per heavy atom. The van der Waals surface area contributed by atoms with Crippen LogP contribution in [0.5, 0.6) is 5.75 Å². The highest BCUT2D eigenvalue weighted by molar-refractivity contribution is 5.86. The molecule has 0 amide bonds. The van der Waals surface area contributed by atoms with Crippen LogP contribution >= 0.6 is 0 Å². The fourth-order valence-electron chi connectivity index (χ4n) is 2.49. The van der Waals surface area contributed by atoms with Crippen LogP contribution in [-0.4, -0.2) is 18.3 Å². The molecule has 1 heterocycles. The number of hydrogen-bond acceptors (Lipinski definition) is 2. The van der Waals surface area contributed by atoms with E-state index in [0.29, 0.717) is 6.61 Å². The quantitative estimate of drug-likeness (QED) is 0.907. The highest BCUT2D eigenvalue weighted by Gasteiger charge is 2.21. The van der Waals surface area contributed by atoms with Gasteiger partial charge in [0.05, 0.1) is 6.61 Å². The topological polar surface area (TPSA) is 29.5 Å². The van der Waals surface area contributed by atoms with Crippen molar-refractivity contribution in [2.24, 2.45) is 0 Å². The molecule has 0 atom stereocenters. The average Bonchev–Trinajstić information content (AvgIpc) is 2.47. The third-order valence-corrected chi connectivity index (χ3v) is 3.48. The van der Waals surface area contributed by atoms with Gasteiger partial charge in [0.2, 0.25) is 0 Å². The van der Waals surface area contributed by atoms with Gasteiger partial charge in [0, 0.05) is 11.1 Å². The minimum atomic E-state index is -0.267. The van der Waals surface area contributed by atoms with Crippen molar-refractivity contribution in [2.75, 3.05) is 13.2 Å². The van der Waals surface area contributed by atoms with Crippen molar-refractivity contribution in [1.82, 2.24) is 0 Å². The van der Waals surface area contributed by atoms with E-state index in [4.69, 9.17) is 4.74 Å². The average molecular weight is 270 g/mol. The van der Waals surface area contributed by atoms with Gasteiger partial charge in [-0.3, -0.25) is 0 Å². The molecule has 2 aromatic rings. The molecular weight excluding hydrogens is 255 g/mol. The van der Waals surface area contributed by atoms with Crippen LogP contribution in [-0.2, 0) is 0 Å². The Morgan fingerprint density at radius 1 is 1.15 bits per heavy atom. The zero-order valence-electron chi connectivity index (χ0n) is 11.2. The zero-order valence-corrected chi connectivity index (χ0v) is 11.2. The Morgan fingerprint density at radius 3 is 2.60 bits per heavy atom. The van der Waals surface area contributed by atoms with Crippen molar-refractivity contribution in [2.45, 2.75) is 6.92 Å². The van der Waals surface area contributed by atoms with Crippen molar-refractivity contribution >= 4 is 5.57 Å². The molecule has 2 nitrogen and oxygen atoms in total. The van der Waals surface area contributed by atoms with Crippen LogP contribution in [0.3, 0.4) is 0 Å². The van der Waals surface area contributed by atoms with E-state index in [9.17, 15) is 9.50 Å². The smallest absolute Gasteiger partial charge is 0.127 e. The lowest BCUT2D eigenvalue weighted by atomic mass is 9.90. The summed E-state index contributed by atoms with van der Waals surface area (Å²) in [6.07, 6.45) is 0. The summed E-state index contributed by atoms with van der Waals surface area (Å²) in [6.45, 7) is 2.30. The molecule has 0 saturated heterocycles. The Kier molecular flexibility index (Phi) is 3.28. The number of fused-ring (bicyclic) bond motifs is 1. The molecule has 20 heavy (non-hydrogen) atoms. The van der Waals surface area contributed by atoms with E-state index >= 15 is 0 Å². The number of aryl methyl sites for hydroxylation is 1. The minimum absolute atomic E-state index is 0.0694. The Hall–Kier alpha value is -2.13. The van der Waals surface area contributed by atoms with Crippen LogP contribution in [0.25, 0.3) is 5.57 Å². The van der Waals surface area contributed by atoms with Crippen LogP contribution < -0.4 is 4.74 Å². The predicted molar refractivity (Wildman–Crippen MR) is 76.2 cm³/mol. The fraction of sp³-hybridized carbons (Fsp3) is 0.176. The van der Waals surface area contributed by atoms with E-state index in [0.717, 1.165) is 33.6 Å². The van der Waals surface area contributed by atoms with Gasteiger partial charge in [-0.05, 0) is 42.3 Å². The van der Waals surface area contributed by atoms with E-state index < -0.39 is 0 Å². The summed E-state index contributed by atoms with van der Waals surface area (Å²) in [5.41, 5.74) is 4.72. The van der Waals surface area contributed by atoms with Crippen LogP contribution in [0, 0.1) is 12.7 Å². The second-order valence-corrected chi connectivity index (χ2v) is 4.93. The molecule has 0 spiro atoms. The van der Waals surface area contributed by atoms with Crippen molar-refractivity contribution in [1.29, 1.82) is 0 Å². The summed E-state index contributed by atoms with van der Waals surface area (Å²) < 4.78 is 18.8. The number of aliphatic hydroxyl groups excluding tert-OH is 1. The molecule has 0 saturated carbocycles. The molecule has 1 aliphatic rings. The van der Waals surface area contributed by atoms with Gasteiger partial charge >= 0.3 is 0 Å². The highest BCUT2D eigenvalue weighted by Crippen LogP contribution is 2.37. The maximum atomic E-state index is 13.1. The van der Waals surface area contributed by atoms with Gasteiger partial charge < -0.3 is 9.84 Å². The van der Waals surface area contributed by atoms with Crippen LogP contribution in [0.15, 0.2) is 48.0 Å². The summed E-state index contributed by atoms with van der Waals surface area (Å²) in [5, 5.41) is 9.56.